The van der Waals surface area contributed by atoms with Crippen LogP contribution >= 0.6 is 0 Å². The molecular formula is C26H33F3N4O7S. The van der Waals surface area contributed by atoms with E-state index >= 15 is 0 Å². The number of sulfonamides is 1. The highest BCUT2D eigenvalue weighted by Crippen LogP contribution is 2.23. The lowest BCUT2D eigenvalue weighted by atomic mass is 10.1. The number of carboxylic acids is 1. The van der Waals surface area contributed by atoms with Crippen molar-refractivity contribution >= 4 is 27.7 Å². The van der Waals surface area contributed by atoms with Crippen molar-refractivity contribution in [2.24, 2.45) is 4.99 Å². The number of likely N-dealkylation sites (N-methyl/N-ethyl adjacent to an activating group) is 2. The summed E-state index contributed by atoms with van der Waals surface area (Å²) in [6.45, 7) is 3.94. The minimum absolute atomic E-state index is 0.105. The molecule has 226 valence electrons. The van der Waals surface area contributed by atoms with E-state index in [1.165, 1.54) is 24.5 Å². The number of carboxylic acid groups (broad SMARTS) is 1. The summed E-state index contributed by atoms with van der Waals surface area (Å²) >= 11 is 0. The lowest BCUT2D eigenvalue weighted by Crippen LogP contribution is -2.33. The molecule has 0 unspecified atom stereocenters. The molecule has 1 amide bonds. The van der Waals surface area contributed by atoms with Gasteiger partial charge in [-0.1, -0.05) is 24.3 Å². The molecule has 1 aliphatic heterocycles. The highest BCUT2D eigenvalue weighted by atomic mass is 32.2. The number of carbonyl (C=O) groups excluding carboxylic acids is 1. The van der Waals surface area contributed by atoms with Gasteiger partial charge in [-0.15, -0.1) is 0 Å². The zero-order chi connectivity index (χ0) is 30.8. The van der Waals surface area contributed by atoms with E-state index in [-0.39, 0.29) is 30.6 Å². The zero-order valence-corrected chi connectivity index (χ0v) is 23.9. The standard InChI is InChI=1S/C24H32N4O5S.C2HF3O2/c1-18-15-21(32-4)9-10-22(18)34(30,31)28(3)13-14-33-17-23(29)27(2)16-19-5-7-20(8-6-19)24-25-11-12-26-24;3-2(4,5)1(6)7/h5-10,15H,11-14,16-17H2,1-4H3,(H,25,26);(H,6,7). The second-order valence-electron chi connectivity index (χ2n) is 8.92. The number of hydrogen-bond donors (Lipinski definition) is 2. The number of nitrogens with one attached hydrogen (secondary N) is 1. The Balaban J connectivity index is 0.000000745. The molecule has 2 aromatic carbocycles. The molecule has 2 aromatic rings. The van der Waals surface area contributed by atoms with E-state index in [4.69, 9.17) is 19.4 Å². The molecule has 3 rings (SSSR count). The van der Waals surface area contributed by atoms with Crippen molar-refractivity contribution in [2.75, 3.05) is 54.1 Å². The number of methoxy groups -OCH3 is 1. The number of aliphatic imine (C=N–C) groups is 1. The Bertz CT molecular complexity index is 1330. The monoisotopic (exact) mass is 602 g/mol. The largest absolute Gasteiger partial charge is 0.497 e. The van der Waals surface area contributed by atoms with Crippen molar-refractivity contribution in [3.8, 4) is 5.75 Å². The Kier molecular flexibility index (Phi) is 12.1. The molecule has 11 nitrogen and oxygen atoms in total. The molecular weight excluding hydrogens is 569 g/mol. The van der Waals surface area contributed by atoms with E-state index < -0.39 is 22.2 Å². The van der Waals surface area contributed by atoms with Crippen LogP contribution in [0.4, 0.5) is 13.2 Å². The molecule has 15 heteroatoms. The van der Waals surface area contributed by atoms with Crippen LogP contribution in [0, 0.1) is 6.92 Å². The van der Waals surface area contributed by atoms with Gasteiger partial charge in [-0.05, 0) is 36.2 Å². The molecule has 41 heavy (non-hydrogen) atoms. The second kappa shape index (κ2) is 14.8. The normalized spacial score (nSPS) is 13.1. The van der Waals surface area contributed by atoms with Gasteiger partial charge in [0.15, 0.2) is 0 Å². The minimum atomic E-state index is -5.08. The maximum Gasteiger partial charge on any atom is 0.490 e. The number of amides is 1. The second-order valence-corrected chi connectivity index (χ2v) is 10.9. The number of amidine groups is 1. The van der Waals surface area contributed by atoms with Crippen LogP contribution in [-0.2, 0) is 30.9 Å². The fourth-order valence-corrected chi connectivity index (χ4v) is 4.87. The Labute approximate surface area is 236 Å². The molecule has 0 saturated carbocycles. The summed E-state index contributed by atoms with van der Waals surface area (Å²) < 4.78 is 69.3. The van der Waals surface area contributed by atoms with E-state index in [2.05, 4.69) is 10.3 Å². The van der Waals surface area contributed by atoms with Crippen molar-refractivity contribution in [1.29, 1.82) is 0 Å². The third-order valence-electron chi connectivity index (χ3n) is 5.84. The number of aryl methyl sites for hydroxylation is 1. The van der Waals surface area contributed by atoms with Crippen molar-refractivity contribution in [2.45, 2.75) is 24.5 Å². The van der Waals surface area contributed by atoms with Gasteiger partial charge < -0.3 is 24.8 Å². The van der Waals surface area contributed by atoms with Gasteiger partial charge in [0, 0.05) is 39.3 Å². The van der Waals surface area contributed by atoms with Crippen molar-refractivity contribution in [1.82, 2.24) is 14.5 Å². The third kappa shape index (κ3) is 10.0. The van der Waals surface area contributed by atoms with Crippen LogP contribution in [0.2, 0.25) is 0 Å². The average Bonchev–Trinajstić information content (AvgIpc) is 3.46. The molecule has 1 heterocycles. The van der Waals surface area contributed by atoms with Crippen LogP contribution in [-0.4, -0.2) is 101 Å². The predicted molar refractivity (Wildman–Crippen MR) is 144 cm³/mol. The molecule has 0 aliphatic carbocycles. The van der Waals surface area contributed by atoms with Crippen LogP contribution in [0.25, 0.3) is 0 Å². The van der Waals surface area contributed by atoms with Gasteiger partial charge in [0.05, 0.1) is 25.2 Å². The Hall–Kier alpha value is -3.69. The molecule has 0 bridgehead atoms. The average molecular weight is 603 g/mol. The van der Waals surface area contributed by atoms with E-state index in [1.54, 1.807) is 31.0 Å². The highest BCUT2D eigenvalue weighted by Gasteiger charge is 2.38. The summed E-state index contributed by atoms with van der Waals surface area (Å²) in [5.74, 6) is -1.44. The van der Waals surface area contributed by atoms with Crippen LogP contribution in [0.15, 0.2) is 52.4 Å². The van der Waals surface area contributed by atoms with Crippen LogP contribution in [0.1, 0.15) is 16.7 Å². The van der Waals surface area contributed by atoms with Gasteiger partial charge >= 0.3 is 12.1 Å². The Morgan fingerprint density at radius 3 is 2.27 bits per heavy atom. The van der Waals surface area contributed by atoms with E-state index in [9.17, 15) is 26.4 Å². The number of aliphatic carboxylic acids is 1. The zero-order valence-electron chi connectivity index (χ0n) is 23.1. The summed E-state index contributed by atoms with van der Waals surface area (Å²) in [7, 11) is 1.07. The predicted octanol–water partition coefficient (Wildman–Crippen LogP) is 2.28. The molecule has 0 fully saturated rings. The first-order chi connectivity index (χ1) is 19.2. The van der Waals surface area contributed by atoms with E-state index in [0.717, 1.165) is 30.1 Å². The number of halogens is 3. The number of nitrogens with zero attached hydrogens (tertiary/aromatic N) is 3. The van der Waals surface area contributed by atoms with Crippen molar-refractivity contribution in [3.63, 3.8) is 0 Å². The first-order valence-electron chi connectivity index (χ1n) is 12.3. The van der Waals surface area contributed by atoms with Crippen LogP contribution in [0.5, 0.6) is 5.75 Å². The topological polar surface area (TPSA) is 138 Å². The lowest BCUT2D eigenvalue weighted by Gasteiger charge is -2.20. The van der Waals surface area contributed by atoms with Crippen molar-refractivity contribution < 1.29 is 45.8 Å². The third-order valence-corrected chi connectivity index (χ3v) is 7.85. The smallest absolute Gasteiger partial charge is 0.490 e. The number of ether oxygens (including phenoxy) is 2. The Morgan fingerprint density at radius 1 is 1.12 bits per heavy atom. The summed E-state index contributed by atoms with van der Waals surface area (Å²) in [5.41, 5.74) is 2.63. The molecule has 0 spiro atoms. The molecule has 0 atom stereocenters. The van der Waals surface area contributed by atoms with Crippen molar-refractivity contribution in [3.05, 3.63) is 59.2 Å². The number of carbonyl (C=O) groups is 2. The molecule has 0 aromatic heterocycles. The summed E-state index contributed by atoms with van der Waals surface area (Å²) in [6.07, 6.45) is -5.08. The first-order valence-corrected chi connectivity index (χ1v) is 13.7. The maximum absolute atomic E-state index is 12.8. The fourth-order valence-electron chi connectivity index (χ4n) is 3.51. The number of rotatable bonds is 11. The lowest BCUT2D eigenvalue weighted by molar-refractivity contribution is -0.192. The van der Waals surface area contributed by atoms with Crippen LogP contribution < -0.4 is 10.1 Å². The quantitative estimate of drug-likeness (QED) is 0.374. The van der Waals surface area contributed by atoms with Gasteiger partial charge in [0.1, 0.15) is 18.2 Å². The number of benzene rings is 2. The summed E-state index contributed by atoms with van der Waals surface area (Å²) in [6, 6.07) is 12.8. The SMILES string of the molecule is COc1ccc(S(=O)(=O)N(C)CCOCC(=O)N(C)Cc2ccc(C3=NCCN3)cc2)c(C)c1.O=C(O)C(F)(F)F. The first kappa shape index (κ1) is 33.5. The van der Waals surface area contributed by atoms with E-state index in [1.807, 2.05) is 24.3 Å². The molecule has 1 aliphatic rings. The van der Waals surface area contributed by atoms with Gasteiger partial charge in [-0.2, -0.15) is 17.5 Å². The van der Waals surface area contributed by atoms with Gasteiger partial charge in [-0.3, -0.25) is 9.79 Å². The van der Waals surface area contributed by atoms with Gasteiger partial charge in [0.2, 0.25) is 15.9 Å². The summed E-state index contributed by atoms with van der Waals surface area (Å²) in [5, 5.41) is 10.4. The number of alkyl halides is 3. The minimum Gasteiger partial charge on any atom is -0.497 e. The van der Waals surface area contributed by atoms with Crippen LogP contribution in [0.3, 0.4) is 0 Å². The Morgan fingerprint density at radius 2 is 1.76 bits per heavy atom. The highest BCUT2D eigenvalue weighted by molar-refractivity contribution is 7.89. The summed E-state index contributed by atoms with van der Waals surface area (Å²) in [4.78, 5) is 27.5. The molecule has 0 saturated heterocycles. The molecule has 0 radical (unpaired) electrons. The van der Waals surface area contributed by atoms with Gasteiger partial charge in [0.25, 0.3) is 0 Å². The van der Waals surface area contributed by atoms with Gasteiger partial charge in [-0.25, -0.2) is 13.2 Å². The van der Waals surface area contributed by atoms with E-state index in [0.29, 0.717) is 17.9 Å². The number of hydrogen-bond acceptors (Lipinski definition) is 8. The fraction of sp³-hybridized carbons (Fsp3) is 0.423. The maximum atomic E-state index is 12.8. The molecule has 2 N–H and O–H groups in total.